The summed E-state index contributed by atoms with van der Waals surface area (Å²) in [6.07, 6.45) is 0.357. The number of halogens is 1. The highest BCUT2D eigenvalue weighted by atomic mass is 35.5. The maximum atomic E-state index is 12.4. The van der Waals surface area contributed by atoms with E-state index >= 15 is 0 Å². The van der Waals surface area contributed by atoms with Gasteiger partial charge in [0.05, 0.1) is 4.88 Å². The second kappa shape index (κ2) is 7.95. The number of aromatic nitrogens is 3. The molecule has 0 radical (unpaired) electrons. The molecule has 8 heteroatoms. The molecule has 0 aliphatic carbocycles. The molecule has 0 fully saturated rings. The summed E-state index contributed by atoms with van der Waals surface area (Å²) in [5.41, 5.74) is 1.04. The lowest BCUT2D eigenvalue weighted by atomic mass is 10.2. The van der Waals surface area contributed by atoms with Crippen molar-refractivity contribution in [1.29, 1.82) is 0 Å². The third kappa shape index (κ3) is 4.36. The number of nitrogens with one attached hydrogen (secondary N) is 1. The van der Waals surface area contributed by atoms with Gasteiger partial charge in [-0.2, -0.15) is 5.10 Å². The fourth-order valence-electron chi connectivity index (χ4n) is 2.47. The Hall–Kier alpha value is -1.96. The molecular weight excluding hydrogens is 376 g/mol. The Morgan fingerprint density at radius 2 is 2.12 bits per heavy atom. The van der Waals surface area contributed by atoms with E-state index in [2.05, 4.69) is 10.2 Å². The molecule has 0 aliphatic rings. The van der Waals surface area contributed by atoms with E-state index in [1.165, 1.54) is 0 Å². The monoisotopic (exact) mass is 392 g/mol. The van der Waals surface area contributed by atoms with Gasteiger partial charge < -0.3 is 4.90 Å². The molecule has 0 bridgehead atoms. The van der Waals surface area contributed by atoms with E-state index in [-0.39, 0.29) is 5.91 Å². The van der Waals surface area contributed by atoms with Gasteiger partial charge in [-0.1, -0.05) is 29.8 Å². The molecule has 130 valence electrons. The Balaban J connectivity index is 1.63. The molecule has 0 spiro atoms. The molecule has 25 heavy (non-hydrogen) atoms. The largest absolute Gasteiger partial charge is 0.341 e. The van der Waals surface area contributed by atoms with E-state index in [9.17, 15) is 4.79 Å². The summed E-state index contributed by atoms with van der Waals surface area (Å²) in [5, 5.41) is 9.76. The van der Waals surface area contributed by atoms with Gasteiger partial charge in [0.2, 0.25) is 5.91 Å². The number of amides is 1. The first-order chi connectivity index (χ1) is 12.0. The molecule has 0 unspecified atom stereocenters. The summed E-state index contributed by atoms with van der Waals surface area (Å²) in [7, 11) is 1.80. The maximum Gasteiger partial charge on any atom is 0.224 e. The Bertz CT molecular complexity index is 900. The van der Waals surface area contributed by atoms with Gasteiger partial charge >= 0.3 is 0 Å². The average molecular weight is 393 g/mol. The van der Waals surface area contributed by atoms with Crippen LogP contribution in [0, 0.1) is 4.77 Å². The van der Waals surface area contributed by atoms with Crippen LogP contribution in [0.2, 0.25) is 5.02 Å². The predicted molar refractivity (Wildman–Crippen MR) is 103 cm³/mol. The van der Waals surface area contributed by atoms with E-state index in [0.717, 1.165) is 16.3 Å². The van der Waals surface area contributed by atoms with Crippen molar-refractivity contribution in [2.24, 2.45) is 0 Å². The molecule has 0 saturated heterocycles. The highest BCUT2D eigenvalue weighted by Crippen LogP contribution is 2.23. The van der Waals surface area contributed by atoms with E-state index in [4.69, 9.17) is 23.8 Å². The van der Waals surface area contributed by atoms with Crippen molar-refractivity contribution < 1.29 is 4.79 Å². The number of thiophene rings is 1. The van der Waals surface area contributed by atoms with Crippen molar-refractivity contribution >= 4 is 41.1 Å². The molecule has 0 aliphatic heterocycles. The van der Waals surface area contributed by atoms with E-state index in [0.29, 0.717) is 29.3 Å². The van der Waals surface area contributed by atoms with Crippen molar-refractivity contribution in [1.82, 2.24) is 19.7 Å². The van der Waals surface area contributed by atoms with Crippen molar-refractivity contribution in [2.45, 2.75) is 19.5 Å². The van der Waals surface area contributed by atoms with Crippen LogP contribution < -0.4 is 0 Å². The van der Waals surface area contributed by atoms with Crippen molar-refractivity contribution in [3.8, 4) is 10.7 Å². The summed E-state index contributed by atoms with van der Waals surface area (Å²) in [6.45, 7) is 1.04. The minimum absolute atomic E-state index is 0.0511. The number of H-pyrrole nitrogens is 1. The lowest BCUT2D eigenvalue weighted by Gasteiger charge is -2.17. The van der Waals surface area contributed by atoms with Gasteiger partial charge in [0.25, 0.3) is 0 Å². The number of hydrogen-bond acceptors (Lipinski definition) is 4. The standard InChI is InChI=1S/C17H17ClN4OS2/c1-21(11-12-4-6-13(18)7-5-12)15(23)8-9-22-16(19-20-17(22)24)14-3-2-10-25-14/h2-7,10H,8-9,11H2,1H3,(H,20,24). The van der Waals surface area contributed by atoms with E-state index in [1.807, 2.05) is 46.3 Å². The van der Waals surface area contributed by atoms with Gasteiger partial charge in [-0.05, 0) is 41.4 Å². The van der Waals surface area contributed by atoms with Crippen LogP contribution in [0.5, 0.6) is 0 Å². The zero-order valence-corrected chi connectivity index (χ0v) is 16.0. The van der Waals surface area contributed by atoms with Gasteiger partial charge in [-0.25, -0.2) is 0 Å². The van der Waals surface area contributed by atoms with Gasteiger partial charge in [-0.3, -0.25) is 14.5 Å². The third-order valence-electron chi connectivity index (χ3n) is 3.81. The second-order valence-corrected chi connectivity index (χ2v) is 7.38. The Morgan fingerprint density at radius 3 is 2.80 bits per heavy atom. The number of aromatic amines is 1. The third-order valence-corrected chi connectivity index (χ3v) is 5.24. The summed E-state index contributed by atoms with van der Waals surface area (Å²) >= 11 is 12.8. The molecular formula is C17H17ClN4OS2. The molecule has 2 aromatic heterocycles. The first-order valence-corrected chi connectivity index (χ1v) is 9.38. The average Bonchev–Trinajstić information content (AvgIpc) is 3.24. The molecule has 3 aromatic rings. The summed E-state index contributed by atoms with van der Waals surface area (Å²) in [4.78, 5) is 15.2. The smallest absolute Gasteiger partial charge is 0.224 e. The molecule has 2 heterocycles. The number of nitrogens with zero attached hydrogens (tertiary/aromatic N) is 3. The SMILES string of the molecule is CN(Cc1ccc(Cl)cc1)C(=O)CCn1c(-c2cccs2)n[nH]c1=S. The Morgan fingerprint density at radius 1 is 1.36 bits per heavy atom. The molecule has 0 saturated carbocycles. The maximum absolute atomic E-state index is 12.4. The number of carbonyl (C=O) groups is 1. The minimum Gasteiger partial charge on any atom is -0.341 e. The topological polar surface area (TPSA) is 53.9 Å². The van der Waals surface area contributed by atoms with Crippen LogP contribution in [-0.2, 0) is 17.9 Å². The van der Waals surface area contributed by atoms with Crippen molar-refractivity contribution in [3.05, 3.63) is 57.1 Å². The van der Waals surface area contributed by atoms with Gasteiger partial charge in [0.15, 0.2) is 10.6 Å². The van der Waals surface area contributed by atoms with Crippen LogP contribution in [0.1, 0.15) is 12.0 Å². The predicted octanol–water partition coefficient (Wildman–Crippen LogP) is 4.37. The zero-order valence-electron chi connectivity index (χ0n) is 13.6. The van der Waals surface area contributed by atoms with Crippen molar-refractivity contribution in [2.75, 3.05) is 7.05 Å². The van der Waals surface area contributed by atoms with Crippen LogP contribution in [0.3, 0.4) is 0 Å². The highest BCUT2D eigenvalue weighted by Gasteiger charge is 2.14. The molecule has 0 atom stereocenters. The van der Waals surface area contributed by atoms with E-state index in [1.54, 1.807) is 23.3 Å². The van der Waals surface area contributed by atoms with E-state index < -0.39 is 0 Å². The zero-order chi connectivity index (χ0) is 17.8. The summed E-state index contributed by atoms with van der Waals surface area (Å²) in [5.74, 6) is 0.823. The number of hydrogen-bond donors (Lipinski definition) is 1. The quantitative estimate of drug-likeness (QED) is 0.633. The fourth-order valence-corrected chi connectivity index (χ4v) is 3.54. The highest BCUT2D eigenvalue weighted by molar-refractivity contribution is 7.71. The number of rotatable bonds is 6. The molecule has 1 N–H and O–H groups in total. The molecule has 5 nitrogen and oxygen atoms in total. The van der Waals surface area contributed by atoms with Gasteiger partial charge in [0.1, 0.15) is 0 Å². The lowest BCUT2D eigenvalue weighted by molar-refractivity contribution is -0.130. The molecule has 3 rings (SSSR count). The normalized spacial score (nSPS) is 10.8. The second-order valence-electron chi connectivity index (χ2n) is 5.61. The number of benzene rings is 1. The molecule has 1 amide bonds. The van der Waals surface area contributed by atoms with Crippen molar-refractivity contribution in [3.63, 3.8) is 0 Å². The number of carbonyl (C=O) groups excluding carboxylic acids is 1. The lowest BCUT2D eigenvalue weighted by Crippen LogP contribution is -2.27. The Labute approximate surface area is 159 Å². The van der Waals surface area contributed by atoms with Crippen LogP contribution in [0.25, 0.3) is 10.7 Å². The summed E-state index contributed by atoms with van der Waals surface area (Å²) < 4.78 is 2.39. The first-order valence-electron chi connectivity index (χ1n) is 7.72. The van der Waals surface area contributed by atoms with Crippen LogP contribution >= 0.6 is 35.2 Å². The summed E-state index contributed by atoms with van der Waals surface area (Å²) in [6, 6.07) is 11.5. The van der Waals surface area contributed by atoms with Crippen LogP contribution in [0.15, 0.2) is 41.8 Å². The molecule has 1 aromatic carbocycles. The Kier molecular flexibility index (Phi) is 5.67. The van der Waals surface area contributed by atoms with Crippen LogP contribution in [-0.4, -0.2) is 32.6 Å². The minimum atomic E-state index is 0.0511. The van der Waals surface area contributed by atoms with Gasteiger partial charge in [-0.15, -0.1) is 11.3 Å². The fraction of sp³-hybridized carbons (Fsp3) is 0.235. The van der Waals surface area contributed by atoms with Gasteiger partial charge in [0, 0.05) is 31.6 Å². The first kappa shape index (κ1) is 17.8. The van der Waals surface area contributed by atoms with Crippen LogP contribution in [0.4, 0.5) is 0 Å².